The largest absolute Gasteiger partial charge is 0.394 e. The fraction of sp³-hybridized carbons (Fsp3) is 0.444. The van der Waals surface area contributed by atoms with Crippen LogP contribution in [-0.4, -0.2) is 57.6 Å². The Labute approximate surface area is 156 Å². The predicted octanol–water partition coefficient (Wildman–Crippen LogP) is 2.25. The lowest BCUT2D eigenvalue weighted by atomic mass is 10.1. The van der Waals surface area contributed by atoms with E-state index in [0.717, 1.165) is 5.56 Å². The number of rotatable bonds is 4. The molecule has 6 nitrogen and oxygen atoms in total. The van der Waals surface area contributed by atoms with E-state index in [4.69, 9.17) is 16.3 Å². The number of aryl methyl sites for hydroxylation is 1. The van der Waals surface area contributed by atoms with Gasteiger partial charge in [-0.3, -0.25) is 4.79 Å². The van der Waals surface area contributed by atoms with Crippen LogP contribution < -0.4 is 0 Å². The lowest BCUT2D eigenvalue weighted by molar-refractivity contribution is -0.0667. The van der Waals surface area contributed by atoms with Crippen molar-refractivity contribution in [3.63, 3.8) is 0 Å². The summed E-state index contributed by atoms with van der Waals surface area (Å²) in [6, 6.07) is 5.92. The van der Waals surface area contributed by atoms with Crippen molar-refractivity contribution in [2.75, 3.05) is 19.8 Å². The van der Waals surface area contributed by atoms with Crippen molar-refractivity contribution in [1.29, 1.82) is 0 Å². The van der Waals surface area contributed by atoms with Gasteiger partial charge in [0.25, 0.3) is 5.91 Å². The zero-order chi connectivity index (χ0) is 18.8. The summed E-state index contributed by atoms with van der Waals surface area (Å²) in [5.41, 5.74) is 1.70. The van der Waals surface area contributed by atoms with Gasteiger partial charge in [0.2, 0.25) is 0 Å². The van der Waals surface area contributed by atoms with E-state index < -0.39 is 6.10 Å². The van der Waals surface area contributed by atoms with Crippen molar-refractivity contribution in [1.82, 2.24) is 14.7 Å². The third kappa shape index (κ3) is 3.75. The fourth-order valence-electron chi connectivity index (χ4n) is 3.02. The highest BCUT2D eigenvalue weighted by molar-refractivity contribution is 6.33. The minimum Gasteiger partial charge on any atom is -0.394 e. The smallest absolute Gasteiger partial charge is 0.259 e. The van der Waals surface area contributed by atoms with Crippen LogP contribution in [0.5, 0.6) is 0 Å². The van der Waals surface area contributed by atoms with Gasteiger partial charge in [-0.25, -0.2) is 9.07 Å². The van der Waals surface area contributed by atoms with Crippen molar-refractivity contribution in [2.45, 2.75) is 32.5 Å². The molecule has 1 aromatic heterocycles. The van der Waals surface area contributed by atoms with E-state index in [1.807, 2.05) is 6.92 Å². The number of carbonyl (C=O) groups is 1. The Balaban J connectivity index is 1.84. The zero-order valence-electron chi connectivity index (χ0n) is 14.7. The molecule has 2 aromatic rings. The molecule has 0 bridgehead atoms. The molecule has 2 unspecified atom stereocenters. The van der Waals surface area contributed by atoms with Gasteiger partial charge < -0.3 is 14.7 Å². The second-order valence-corrected chi connectivity index (χ2v) is 6.84. The van der Waals surface area contributed by atoms with Gasteiger partial charge in [-0.1, -0.05) is 23.7 Å². The molecule has 1 N–H and O–H groups in total. The molecule has 8 heteroatoms. The SMILES string of the molecule is Cc1nn(Cc2ccc(F)cc2)c(Cl)c1C(=O)N1CC(CO)OCC1C. The number of nitrogens with zero attached hydrogens (tertiary/aromatic N) is 3. The predicted molar refractivity (Wildman–Crippen MR) is 94.8 cm³/mol. The summed E-state index contributed by atoms with van der Waals surface area (Å²) in [5.74, 6) is -0.542. The maximum absolute atomic E-state index is 13.1. The normalized spacial score (nSPS) is 20.4. The summed E-state index contributed by atoms with van der Waals surface area (Å²) in [7, 11) is 0. The van der Waals surface area contributed by atoms with E-state index in [2.05, 4.69) is 5.10 Å². The molecule has 1 fully saturated rings. The van der Waals surface area contributed by atoms with Crippen LogP contribution in [0, 0.1) is 12.7 Å². The highest BCUT2D eigenvalue weighted by Crippen LogP contribution is 2.25. The molecule has 3 rings (SSSR count). The van der Waals surface area contributed by atoms with E-state index in [9.17, 15) is 14.3 Å². The Morgan fingerprint density at radius 3 is 2.77 bits per heavy atom. The third-order valence-electron chi connectivity index (χ3n) is 4.49. The summed E-state index contributed by atoms with van der Waals surface area (Å²) in [4.78, 5) is 14.7. The molecular weight excluding hydrogens is 361 g/mol. The molecule has 1 aliphatic rings. The molecule has 2 heterocycles. The summed E-state index contributed by atoms with van der Waals surface area (Å²) >= 11 is 6.44. The topological polar surface area (TPSA) is 67.6 Å². The minimum atomic E-state index is -0.400. The second kappa shape index (κ2) is 7.73. The number of amides is 1. The van der Waals surface area contributed by atoms with Crippen LogP contribution >= 0.6 is 11.6 Å². The first kappa shape index (κ1) is 18.8. The molecule has 0 radical (unpaired) electrons. The van der Waals surface area contributed by atoms with Crippen LogP contribution in [0.3, 0.4) is 0 Å². The van der Waals surface area contributed by atoms with Gasteiger partial charge in [0, 0.05) is 6.54 Å². The number of carbonyl (C=O) groups excluding carboxylic acids is 1. The lowest BCUT2D eigenvalue weighted by Gasteiger charge is -2.37. The van der Waals surface area contributed by atoms with E-state index >= 15 is 0 Å². The Morgan fingerprint density at radius 2 is 2.12 bits per heavy atom. The van der Waals surface area contributed by atoms with Gasteiger partial charge >= 0.3 is 0 Å². The molecule has 1 saturated heterocycles. The van der Waals surface area contributed by atoms with Crippen LogP contribution in [0.25, 0.3) is 0 Å². The number of benzene rings is 1. The van der Waals surface area contributed by atoms with Gasteiger partial charge in [0.15, 0.2) is 0 Å². The molecule has 1 aromatic carbocycles. The molecule has 140 valence electrons. The third-order valence-corrected chi connectivity index (χ3v) is 4.88. The lowest BCUT2D eigenvalue weighted by Crippen LogP contribution is -2.52. The number of aliphatic hydroxyl groups excluding tert-OH is 1. The number of hydrogen-bond donors (Lipinski definition) is 1. The molecule has 1 aliphatic heterocycles. The van der Waals surface area contributed by atoms with Crippen molar-refractivity contribution < 1.29 is 19.0 Å². The van der Waals surface area contributed by atoms with Crippen molar-refractivity contribution in [3.05, 3.63) is 52.1 Å². The van der Waals surface area contributed by atoms with E-state index in [1.54, 1.807) is 24.0 Å². The molecule has 26 heavy (non-hydrogen) atoms. The molecule has 0 saturated carbocycles. The summed E-state index contributed by atoms with van der Waals surface area (Å²) < 4.78 is 20.1. The Hall–Kier alpha value is -1.96. The van der Waals surface area contributed by atoms with Crippen molar-refractivity contribution in [2.24, 2.45) is 0 Å². The number of morpholine rings is 1. The first-order valence-electron chi connectivity index (χ1n) is 8.41. The molecule has 1 amide bonds. The Bertz CT molecular complexity index is 794. The quantitative estimate of drug-likeness (QED) is 0.882. The van der Waals surface area contributed by atoms with Gasteiger partial charge in [0.1, 0.15) is 11.0 Å². The van der Waals surface area contributed by atoms with Crippen LogP contribution in [0.1, 0.15) is 28.5 Å². The average Bonchev–Trinajstić information content (AvgIpc) is 2.90. The van der Waals surface area contributed by atoms with Crippen molar-refractivity contribution in [3.8, 4) is 0 Å². The average molecular weight is 382 g/mol. The van der Waals surface area contributed by atoms with E-state index in [-0.39, 0.29) is 29.5 Å². The minimum absolute atomic E-state index is 0.124. The van der Waals surface area contributed by atoms with Gasteiger partial charge in [-0.15, -0.1) is 0 Å². The number of aromatic nitrogens is 2. The monoisotopic (exact) mass is 381 g/mol. The second-order valence-electron chi connectivity index (χ2n) is 6.48. The van der Waals surface area contributed by atoms with E-state index in [1.165, 1.54) is 16.8 Å². The number of ether oxygens (including phenoxy) is 1. The standard InChI is InChI=1S/C18H21ClFN3O3/c1-11-10-26-15(9-24)8-22(11)18(25)16-12(2)21-23(17(16)19)7-13-3-5-14(20)6-4-13/h3-6,11,15,24H,7-10H2,1-2H3. The summed E-state index contributed by atoms with van der Waals surface area (Å²) in [6.07, 6.45) is -0.400. The van der Waals surface area contributed by atoms with Crippen LogP contribution in [0.2, 0.25) is 5.15 Å². The van der Waals surface area contributed by atoms with Gasteiger partial charge in [-0.05, 0) is 31.5 Å². The molecule has 0 aliphatic carbocycles. The highest BCUT2D eigenvalue weighted by atomic mass is 35.5. The number of hydrogen-bond acceptors (Lipinski definition) is 4. The first-order chi connectivity index (χ1) is 12.4. The Morgan fingerprint density at radius 1 is 1.42 bits per heavy atom. The zero-order valence-corrected chi connectivity index (χ0v) is 15.4. The van der Waals surface area contributed by atoms with Crippen LogP contribution in [0.4, 0.5) is 4.39 Å². The molecule has 2 atom stereocenters. The summed E-state index contributed by atoms with van der Waals surface area (Å²) in [5, 5.41) is 13.9. The van der Waals surface area contributed by atoms with Crippen LogP contribution in [-0.2, 0) is 11.3 Å². The number of halogens is 2. The first-order valence-corrected chi connectivity index (χ1v) is 8.79. The maximum Gasteiger partial charge on any atom is 0.259 e. The van der Waals surface area contributed by atoms with E-state index in [0.29, 0.717) is 31.0 Å². The Kier molecular flexibility index (Phi) is 5.60. The molecule has 0 spiro atoms. The molecular formula is C18H21ClFN3O3. The maximum atomic E-state index is 13.1. The fourth-order valence-corrected chi connectivity index (χ4v) is 3.33. The van der Waals surface area contributed by atoms with Gasteiger partial charge in [0.05, 0.1) is 43.2 Å². The van der Waals surface area contributed by atoms with Crippen LogP contribution in [0.15, 0.2) is 24.3 Å². The van der Waals surface area contributed by atoms with Crippen molar-refractivity contribution >= 4 is 17.5 Å². The number of aliphatic hydroxyl groups is 1. The van der Waals surface area contributed by atoms with Gasteiger partial charge in [-0.2, -0.15) is 5.10 Å². The summed E-state index contributed by atoms with van der Waals surface area (Å²) in [6.45, 7) is 4.47. The highest BCUT2D eigenvalue weighted by Gasteiger charge is 2.33.